The SMILES string of the molecule is C[C@]1(O)C[C@@](N)(c2ccc(-c3nc(-c4cnc(-c5ccc(N6CCNCC6)nc5)s4)sc3-c3ccccc3)cc2)C1. The molecular weight excluding hydrogens is 549 g/mol. The minimum absolute atomic E-state index is 0.478. The van der Waals surface area contributed by atoms with E-state index in [2.05, 4.69) is 70.9 Å². The first-order chi connectivity index (χ1) is 19.9. The van der Waals surface area contributed by atoms with Gasteiger partial charge in [-0.15, -0.1) is 22.7 Å². The standard InChI is InChI=1S/C32H32N6OS2/c1-31(39)19-32(33,20-31)24-10-7-21(8-11-24)27-28(22-5-3-2-4-6-22)41-30(37-27)25-18-36-29(40-25)23-9-12-26(35-17-23)38-15-13-34-14-16-38/h2-12,17-18,34,39H,13-16,19-20,33H2,1H3/t31-,32-. The number of thiazole rings is 2. The lowest BCUT2D eigenvalue weighted by Crippen LogP contribution is -2.58. The van der Waals surface area contributed by atoms with Gasteiger partial charge in [0.1, 0.15) is 15.8 Å². The van der Waals surface area contributed by atoms with Crippen molar-refractivity contribution in [3.63, 3.8) is 0 Å². The second kappa shape index (κ2) is 10.4. The third-order valence-corrected chi connectivity index (χ3v) is 10.3. The molecule has 208 valence electrons. The topological polar surface area (TPSA) is 100 Å². The number of piperazine rings is 1. The summed E-state index contributed by atoms with van der Waals surface area (Å²) in [7, 11) is 0. The van der Waals surface area contributed by atoms with E-state index < -0.39 is 11.1 Å². The highest BCUT2D eigenvalue weighted by molar-refractivity contribution is 7.25. The largest absolute Gasteiger partial charge is 0.390 e. The molecule has 0 spiro atoms. The number of aliphatic hydroxyl groups is 1. The van der Waals surface area contributed by atoms with Crippen LogP contribution in [0.4, 0.5) is 5.82 Å². The van der Waals surface area contributed by atoms with Gasteiger partial charge in [0.15, 0.2) is 0 Å². The normalized spacial score (nSPS) is 22.5. The highest BCUT2D eigenvalue weighted by Gasteiger charge is 2.49. The molecule has 1 aliphatic carbocycles. The highest BCUT2D eigenvalue weighted by Crippen LogP contribution is 2.47. The quantitative estimate of drug-likeness (QED) is 0.234. The first-order valence-electron chi connectivity index (χ1n) is 13.9. The molecule has 2 aliphatic rings. The van der Waals surface area contributed by atoms with Gasteiger partial charge in [-0.25, -0.2) is 15.0 Å². The van der Waals surface area contributed by atoms with E-state index in [0.29, 0.717) is 12.8 Å². The molecule has 2 fully saturated rings. The zero-order chi connectivity index (χ0) is 28.0. The Balaban J connectivity index is 1.19. The van der Waals surface area contributed by atoms with Gasteiger partial charge in [-0.05, 0) is 43.0 Å². The number of anilines is 1. The molecule has 2 aromatic carbocycles. The number of nitrogens with one attached hydrogen (secondary N) is 1. The van der Waals surface area contributed by atoms with Crippen molar-refractivity contribution < 1.29 is 5.11 Å². The molecule has 1 saturated carbocycles. The van der Waals surface area contributed by atoms with Crippen LogP contribution in [0.5, 0.6) is 0 Å². The summed E-state index contributed by atoms with van der Waals surface area (Å²) >= 11 is 3.33. The van der Waals surface area contributed by atoms with Gasteiger partial charge in [0.25, 0.3) is 0 Å². The molecule has 0 bridgehead atoms. The van der Waals surface area contributed by atoms with Crippen molar-refractivity contribution in [2.75, 3.05) is 31.1 Å². The molecule has 7 rings (SSSR count). The second-order valence-electron chi connectivity index (χ2n) is 11.3. The summed E-state index contributed by atoms with van der Waals surface area (Å²) < 4.78 is 0. The molecule has 0 atom stereocenters. The third kappa shape index (κ3) is 5.20. The monoisotopic (exact) mass is 580 g/mol. The van der Waals surface area contributed by atoms with Gasteiger partial charge in [-0.2, -0.15) is 0 Å². The van der Waals surface area contributed by atoms with Crippen molar-refractivity contribution >= 4 is 28.5 Å². The van der Waals surface area contributed by atoms with E-state index in [9.17, 15) is 5.11 Å². The molecule has 5 aromatic rings. The summed E-state index contributed by atoms with van der Waals surface area (Å²) in [4.78, 5) is 19.1. The number of hydrogen-bond acceptors (Lipinski definition) is 9. The molecule has 41 heavy (non-hydrogen) atoms. The first kappa shape index (κ1) is 26.4. The molecule has 4 N–H and O–H groups in total. The van der Waals surface area contributed by atoms with E-state index in [-0.39, 0.29) is 0 Å². The fourth-order valence-electron chi connectivity index (χ4n) is 5.98. The van der Waals surface area contributed by atoms with Gasteiger partial charge < -0.3 is 21.1 Å². The molecule has 4 heterocycles. The minimum Gasteiger partial charge on any atom is -0.390 e. The van der Waals surface area contributed by atoms with Crippen LogP contribution in [0.25, 0.3) is 42.2 Å². The average Bonchev–Trinajstić information content (AvgIpc) is 3.66. The summed E-state index contributed by atoms with van der Waals surface area (Å²) in [6.45, 7) is 5.77. The number of nitrogens with zero attached hydrogens (tertiary/aromatic N) is 4. The van der Waals surface area contributed by atoms with Crippen molar-refractivity contribution in [2.24, 2.45) is 5.73 Å². The van der Waals surface area contributed by atoms with Crippen LogP contribution < -0.4 is 16.0 Å². The van der Waals surface area contributed by atoms with Crippen molar-refractivity contribution in [2.45, 2.75) is 30.9 Å². The molecular formula is C32H32N6OS2. The van der Waals surface area contributed by atoms with Crippen LogP contribution in [0.3, 0.4) is 0 Å². The Hall–Kier alpha value is -3.47. The molecule has 9 heteroatoms. The lowest BCUT2D eigenvalue weighted by Gasteiger charge is -2.49. The van der Waals surface area contributed by atoms with Gasteiger partial charge >= 0.3 is 0 Å². The predicted octanol–water partition coefficient (Wildman–Crippen LogP) is 5.77. The first-order valence-corrected chi connectivity index (χ1v) is 15.6. The summed E-state index contributed by atoms with van der Waals surface area (Å²) in [6.07, 6.45) is 4.98. The molecule has 1 saturated heterocycles. The Labute approximate surface area is 247 Å². The average molecular weight is 581 g/mol. The summed E-state index contributed by atoms with van der Waals surface area (Å²) in [6, 6.07) is 23.0. The van der Waals surface area contributed by atoms with E-state index in [0.717, 1.165) is 79.7 Å². The zero-order valence-electron chi connectivity index (χ0n) is 22.9. The lowest BCUT2D eigenvalue weighted by molar-refractivity contribution is -0.0738. The van der Waals surface area contributed by atoms with Gasteiger partial charge in [-0.3, -0.25) is 0 Å². The van der Waals surface area contributed by atoms with Crippen molar-refractivity contribution in [3.8, 4) is 42.2 Å². The lowest BCUT2D eigenvalue weighted by atomic mass is 9.63. The predicted molar refractivity (Wildman–Crippen MR) is 168 cm³/mol. The van der Waals surface area contributed by atoms with E-state index >= 15 is 0 Å². The number of aromatic nitrogens is 3. The van der Waals surface area contributed by atoms with E-state index in [1.54, 1.807) is 22.7 Å². The summed E-state index contributed by atoms with van der Waals surface area (Å²) in [5.74, 6) is 1.01. The van der Waals surface area contributed by atoms with E-state index in [1.807, 2.05) is 25.4 Å². The number of rotatable bonds is 6. The van der Waals surface area contributed by atoms with Crippen LogP contribution in [0, 0.1) is 0 Å². The third-order valence-electron chi connectivity index (χ3n) is 7.94. The van der Waals surface area contributed by atoms with Gasteiger partial charge in [0.05, 0.1) is 21.0 Å². The minimum atomic E-state index is -0.686. The molecule has 0 radical (unpaired) electrons. The van der Waals surface area contributed by atoms with Crippen LogP contribution in [0.1, 0.15) is 25.3 Å². The fraction of sp³-hybridized carbons (Fsp3) is 0.281. The van der Waals surface area contributed by atoms with Crippen molar-refractivity contribution in [3.05, 3.63) is 84.7 Å². The number of pyridine rings is 1. The highest BCUT2D eigenvalue weighted by atomic mass is 32.1. The van der Waals surface area contributed by atoms with Gasteiger partial charge in [0, 0.05) is 55.2 Å². The van der Waals surface area contributed by atoms with Crippen LogP contribution in [-0.2, 0) is 5.54 Å². The van der Waals surface area contributed by atoms with Gasteiger partial charge in [0.2, 0.25) is 0 Å². The fourth-order valence-corrected chi connectivity index (χ4v) is 8.02. The molecule has 3 aromatic heterocycles. The van der Waals surface area contributed by atoms with Gasteiger partial charge in [-0.1, -0.05) is 54.6 Å². The molecule has 0 unspecified atom stereocenters. The maximum Gasteiger partial charge on any atom is 0.136 e. The Morgan fingerprint density at radius 1 is 0.829 bits per heavy atom. The summed E-state index contributed by atoms with van der Waals surface area (Å²) in [5, 5.41) is 15.5. The second-order valence-corrected chi connectivity index (χ2v) is 13.3. The zero-order valence-corrected chi connectivity index (χ0v) is 24.5. The van der Waals surface area contributed by atoms with Crippen LogP contribution >= 0.6 is 22.7 Å². The number of hydrogen-bond donors (Lipinski definition) is 3. The van der Waals surface area contributed by atoms with Crippen molar-refractivity contribution in [1.82, 2.24) is 20.3 Å². The Morgan fingerprint density at radius 2 is 1.56 bits per heavy atom. The number of benzene rings is 2. The van der Waals surface area contributed by atoms with Crippen LogP contribution in [0.2, 0.25) is 0 Å². The Morgan fingerprint density at radius 3 is 2.24 bits per heavy atom. The van der Waals surface area contributed by atoms with E-state index in [1.165, 1.54) is 0 Å². The molecule has 1 aliphatic heterocycles. The van der Waals surface area contributed by atoms with E-state index in [4.69, 9.17) is 20.7 Å². The van der Waals surface area contributed by atoms with Crippen molar-refractivity contribution in [1.29, 1.82) is 0 Å². The van der Waals surface area contributed by atoms with Crippen LogP contribution in [-0.4, -0.2) is 51.8 Å². The summed E-state index contributed by atoms with van der Waals surface area (Å²) in [5.41, 5.74) is 10.6. The Bertz CT molecular complexity index is 1650. The molecule has 7 nitrogen and oxygen atoms in total. The molecule has 0 amide bonds. The smallest absolute Gasteiger partial charge is 0.136 e. The number of nitrogens with two attached hydrogens (primary N) is 1. The maximum atomic E-state index is 10.3. The Kier molecular flexibility index (Phi) is 6.72. The maximum absolute atomic E-state index is 10.3. The van der Waals surface area contributed by atoms with Crippen LogP contribution in [0.15, 0.2) is 79.1 Å².